The van der Waals surface area contributed by atoms with Crippen LogP contribution in [0.4, 0.5) is 0 Å². The van der Waals surface area contributed by atoms with Crippen LogP contribution in [0.25, 0.3) is 11.0 Å². The number of nitrogens with one attached hydrogen (secondary N) is 1. The Labute approximate surface area is 125 Å². The zero-order chi connectivity index (χ0) is 15.5. The van der Waals surface area contributed by atoms with E-state index in [1.165, 1.54) is 6.26 Å². The van der Waals surface area contributed by atoms with Crippen molar-refractivity contribution in [3.05, 3.63) is 36.1 Å². The standard InChI is InChI=1S/C15H22N2O3S/c1-16-13(11-17(2)8-9-21(3,18)19)15-10-12-6-4-5-7-14(12)20-15/h4-7,10,13,16H,8-9,11H2,1-3H3. The van der Waals surface area contributed by atoms with Crippen LogP contribution >= 0.6 is 0 Å². The predicted octanol–water partition coefficient (Wildman–Crippen LogP) is 1.67. The number of furan rings is 1. The van der Waals surface area contributed by atoms with Crippen LogP contribution in [0.1, 0.15) is 11.8 Å². The Balaban J connectivity index is 2.05. The van der Waals surface area contributed by atoms with Crippen molar-refractivity contribution in [2.75, 3.05) is 39.2 Å². The zero-order valence-electron chi connectivity index (χ0n) is 12.7. The maximum Gasteiger partial charge on any atom is 0.148 e. The van der Waals surface area contributed by atoms with Crippen LogP contribution in [-0.2, 0) is 9.84 Å². The predicted molar refractivity (Wildman–Crippen MR) is 85.2 cm³/mol. The summed E-state index contributed by atoms with van der Waals surface area (Å²) in [7, 11) is 0.860. The lowest BCUT2D eigenvalue weighted by atomic mass is 10.2. The fourth-order valence-electron chi connectivity index (χ4n) is 2.22. The minimum absolute atomic E-state index is 0.0296. The molecule has 0 fully saturated rings. The van der Waals surface area contributed by atoms with Gasteiger partial charge < -0.3 is 14.6 Å². The summed E-state index contributed by atoms with van der Waals surface area (Å²) >= 11 is 0. The van der Waals surface area contributed by atoms with Gasteiger partial charge in [-0.15, -0.1) is 0 Å². The number of likely N-dealkylation sites (N-methyl/N-ethyl adjacent to an activating group) is 2. The van der Waals surface area contributed by atoms with Gasteiger partial charge in [-0.05, 0) is 26.2 Å². The number of hydrogen-bond donors (Lipinski definition) is 1. The van der Waals surface area contributed by atoms with E-state index in [0.717, 1.165) is 16.7 Å². The monoisotopic (exact) mass is 310 g/mol. The molecule has 0 spiro atoms. The number of sulfone groups is 1. The van der Waals surface area contributed by atoms with Gasteiger partial charge in [-0.2, -0.15) is 0 Å². The molecule has 2 rings (SSSR count). The van der Waals surface area contributed by atoms with Crippen molar-refractivity contribution < 1.29 is 12.8 Å². The molecular weight excluding hydrogens is 288 g/mol. The Morgan fingerprint density at radius 1 is 1.33 bits per heavy atom. The lowest BCUT2D eigenvalue weighted by molar-refractivity contribution is 0.292. The van der Waals surface area contributed by atoms with Crippen molar-refractivity contribution >= 4 is 20.8 Å². The van der Waals surface area contributed by atoms with Gasteiger partial charge in [0.1, 0.15) is 21.2 Å². The van der Waals surface area contributed by atoms with E-state index in [4.69, 9.17) is 4.42 Å². The molecule has 116 valence electrons. The Hall–Kier alpha value is -1.37. The summed E-state index contributed by atoms with van der Waals surface area (Å²) in [5.41, 5.74) is 0.867. The summed E-state index contributed by atoms with van der Waals surface area (Å²) in [6.45, 7) is 1.20. The van der Waals surface area contributed by atoms with Crippen molar-refractivity contribution in [1.29, 1.82) is 0 Å². The molecule has 1 unspecified atom stereocenters. The molecule has 0 aliphatic rings. The van der Waals surface area contributed by atoms with Gasteiger partial charge in [0, 0.05) is 24.7 Å². The van der Waals surface area contributed by atoms with Crippen molar-refractivity contribution in [2.45, 2.75) is 6.04 Å². The molecule has 0 saturated carbocycles. The van der Waals surface area contributed by atoms with Crippen LogP contribution in [0.15, 0.2) is 34.7 Å². The minimum atomic E-state index is -2.93. The van der Waals surface area contributed by atoms with Crippen LogP contribution in [0.5, 0.6) is 0 Å². The highest BCUT2D eigenvalue weighted by Gasteiger charge is 2.17. The van der Waals surface area contributed by atoms with E-state index in [-0.39, 0.29) is 11.8 Å². The highest BCUT2D eigenvalue weighted by molar-refractivity contribution is 7.90. The second-order valence-electron chi connectivity index (χ2n) is 5.42. The van der Waals surface area contributed by atoms with Gasteiger partial charge in [-0.25, -0.2) is 8.42 Å². The van der Waals surface area contributed by atoms with Crippen LogP contribution in [0.3, 0.4) is 0 Å². The van der Waals surface area contributed by atoms with E-state index in [0.29, 0.717) is 13.1 Å². The smallest absolute Gasteiger partial charge is 0.148 e. The molecule has 6 heteroatoms. The molecule has 2 aromatic rings. The van der Waals surface area contributed by atoms with Crippen molar-refractivity contribution in [1.82, 2.24) is 10.2 Å². The summed E-state index contributed by atoms with van der Waals surface area (Å²) in [6, 6.07) is 9.94. The summed E-state index contributed by atoms with van der Waals surface area (Å²) in [4.78, 5) is 2.00. The largest absolute Gasteiger partial charge is 0.459 e. The Morgan fingerprint density at radius 3 is 2.67 bits per heavy atom. The lowest BCUT2D eigenvalue weighted by Gasteiger charge is -2.22. The normalized spacial score (nSPS) is 13.9. The van der Waals surface area contributed by atoms with E-state index in [9.17, 15) is 8.42 Å². The molecule has 5 nitrogen and oxygen atoms in total. The maximum absolute atomic E-state index is 11.2. The highest BCUT2D eigenvalue weighted by Crippen LogP contribution is 2.24. The Bertz CT molecular complexity index is 661. The molecule has 1 aromatic heterocycles. The van der Waals surface area contributed by atoms with Gasteiger partial charge in [-0.3, -0.25) is 0 Å². The number of nitrogens with zero attached hydrogens (tertiary/aromatic N) is 1. The lowest BCUT2D eigenvalue weighted by Crippen LogP contribution is -2.33. The molecule has 0 radical (unpaired) electrons. The number of hydrogen-bond acceptors (Lipinski definition) is 5. The van der Waals surface area contributed by atoms with E-state index < -0.39 is 9.84 Å². The van der Waals surface area contributed by atoms with Crippen molar-refractivity contribution in [3.63, 3.8) is 0 Å². The number of rotatable bonds is 7. The first kappa shape index (κ1) is 16.0. The Morgan fingerprint density at radius 2 is 2.05 bits per heavy atom. The maximum atomic E-state index is 11.2. The average Bonchev–Trinajstić information content (AvgIpc) is 2.85. The summed E-state index contributed by atoms with van der Waals surface area (Å²) < 4.78 is 28.3. The van der Waals surface area contributed by atoms with E-state index in [1.807, 2.05) is 49.3 Å². The van der Waals surface area contributed by atoms with Crippen LogP contribution < -0.4 is 5.32 Å². The van der Waals surface area contributed by atoms with Gasteiger partial charge in [0.15, 0.2) is 0 Å². The third kappa shape index (κ3) is 4.56. The van der Waals surface area contributed by atoms with Gasteiger partial charge in [0.2, 0.25) is 0 Å². The molecule has 1 N–H and O–H groups in total. The minimum Gasteiger partial charge on any atom is -0.459 e. The molecule has 0 aliphatic carbocycles. The molecule has 1 aromatic carbocycles. The molecule has 0 saturated heterocycles. The number of para-hydroxylation sites is 1. The summed E-state index contributed by atoms with van der Waals surface area (Å²) in [5, 5.41) is 4.30. The number of benzene rings is 1. The Kier molecular flexibility index (Phi) is 5.03. The summed E-state index contributed by atoms with van der Waals surface area (Å²) in [6.07, 6.45) is 1.26. The van der Waals surface area contributed by atoms with Crippen molar-refractivity contribution in [3.8, 4) is 0 Å². The van der Waals surface area contributed by atoms with Gasteiger partial charge in [-0.1, -0.05) is 18.2 Å². The average molecular weight is 310 g/mol. The van der Waals surface area contributed by atoms with Crippen LogP contribution in [-0.4, -0.2) is 52.5 Å². The fraction of sp³-hybridized carbons (Fsp3) is 0.467. The highest BCUT2D eigenvalue weighted by atomic mass is 32.2. The van der Waals surface area contributed by atoms with Gasteiger partial charge in [0.05, 0.1) is 11.8 Å². The number of fused-ring (bicyclic) bond motifs is 1. The SMILES string of the molecule is CNC(CN(C)CCS(C)(=O)=O)c1cc2ccccc2o1. The van der Waals surface area contributed by atoms with Gasteiger partial charge >= 0.3 is 0 Å². The quantitative estimate of drug-likeness (QED) is 0.843. The second kappa shape index (κ2) is 6.60. The molecule has 0 amide bonds. The molecule has 21 heavy (non-hydrogen) atoms. The van der Waals surface area contributed by atoms with E-state index in [2.05, 4.69) is 5.32 Å². The van der Waals surface area contributed by atoms with Crippen LogP contribution in [0.2, 0.25) is 0 Å². The first-order valence-corrected chi connectivity index (χ1v) is 8.97. The topological polar surface area (TPSA) is 62.6 Å². The third-order valence-corrected chi connectivity index (χ3v) is 4.40. The molecule has 1 atom stereocenters. The third-order valence-electron chi connectivity index (χ3n) is 3.47. The molecule has 0 bridgehead atoms. The first-order valence-electron chi connectivity index (χ1n) is 6.91. The molecule has 1 heterocycles. The van der Waals surface area contributed by atoms with E-state index >= 15 is 0 Å². The van der Waals surface area contributed by atoms with E-state index in [1.54, 1.807) is 0 Å². The zero-order valence-corrected chi connectivity index (χ0v) is 13.5. The van der Waals surface area contributed by atoms with Crippen LogP contribution in [0, 0.1) is 0 Å². The fourth-order valence-corrected chi connectivity index (χ4v) is 2.87. The molecule has 0 aliphatic heterocycles. The second-order valence-corrected chi connectivity index (χ2v) is 7.68. The summed E-state index contributed by atoms with van der Waals surface area (Å²) in [5.74, 6) is 1.03. The molecular formula is C15H22N2O3S. The van der Waals surface area contributed by atoms with Gasteiger partial charge in [0.25, 0.3) is 0 Å². The van der Waals surface area contributed by atoms with Crippen molar-refractivity contribution in [2.24, 2.45) is 0 Å². The first-order chi connectivity index (χ1) is 9.89.